The number of amides is 1. The maximum Gasteiger partial charge on any atom is 0.224 e. The van der Waals surface area contributed by atoms with E-state index in [0.717, 1.165) is 79.7 Å². The normalized spacial score (nSPS) is 14.3. The Morgan fingerprint density at radius 2 is 1.60 bits per heavy atom. The van der Waals surface area contributed by atoms with Crippen LogP contribution in [0.1, 0.15) is 66.1 Å². The van der Waals surface area contributed by atoms with E-state index in [4.69, 9.17) is 40.1 Å². The molecule has 3 heterocycles. The molecular formula is C42H70N8O7. The van der Waals surface area contributed by atoms with Crippen LogP contribution in [0.25, 0.3) is 21.9 Å². The number of pyridine rings is 1. The first kappa shape index (κ1) is 46.3. The van der Waals surface area contributed by atoms with E-state index >= 15 is 0 Å². The Bertz CT molecular complexity index is 1670. The minimum atomic E-state index is -0.323. The second kappa shape index (κ2) is 23.2. The van der Waals surface area contributed by atoms with Gasteiger partial charge in [0.1, 0.15) is 17.1 Å². The van der Waals surface area contributed by atoms with Gasteiger partial charge in [-0.15, -0.1) is 0 Å². The van der Waals surface area contributed by atoms with Gasteiger partial charge in [-0.1, -0.05) is 41.0 Å². The Balaban J connectivity index is 1.24. The summed E-state index contributed by atoms with van der Waals surface area (Å²) in [6, 6.07) is 6.39. The van der Waals surface area contributed by atoms with Crippen molar-refractivity contribution in [3.8, 4) is 0 Å². The number of methoxy groups -OCH3 is 1. The predicted molar refractivity (Wildman–Crippen MR) is 226 cm³/mol. The second-order valence-corrected chi connectivity index (χ2v) is 16.7. The summed E-state index contributed by atoms with van der Waals surface area (Å²) in [5.74, 6) is 1.45. The van der Waals surface area contributed by atoms with Gasteiger partial charge in [-0.2, -0.15) is 0 Å². The van der Waals surface area contributed by atoms with E-state index in [-0.39, 0.29) is 35.5 Å². The number of fused-ring (bicyclic) bond motifs is 3. The molecule has 0 bridgehead atoms. The van der Waals surface area contributed by atoms with Crippen LogP contribution in [-0.4, -0.2) is 155 Å². The number of Topliss-reactive ketones (excluding diaryl/α,β-unsaturated/α-hetero) is 1. The van der Waals surface area contributed by atoms with Crippen molar-refractivity contribution in [2.75, 3.05) is 130 Å². The molecule has 1 aliphatic heterocycles. The molecule has 0 atom stereocenters. The number of aromatic nitrogens is 3. The Hall–Kier alpha value is -3.44. The molecule has 0 radical (unpaired) electrons. The number of nitrogens with two attached hydrogens (primary N) is 2. The highest BCUT2D eigenvalue weighted by Crippen LogP contribution is 2.30. The third kappa shape index (κ3) is 15.3. The number of carbonyl (C=O) groups excluding carboxylic acids is 2. The lowest BCUT2D eigenvalue weighted by Gasteiger charge is -2.36. The van der Waals surface area contributed by atoms with Crippen LogP contribution in [-0.2, 0) is 39.7 Å². The van der Waals surface area contributed by atoms with Crippen molar-refractivity contribution in [3.63, 3.8) is 0 Å². The molecule has 320 valence electrons. The number of aromatic amines is 1. The molecule has 5 N–H and O–H groups in total. The number of ether oxygens (including phenoxy) is 5. The zero-order chi connectivity index (χ0) is 41.3. The summed E-state index contributed by atoms with van der Waals surface area (Å²) >= 11 is 0. The van der Waals surface area contributed by atoms with Crippen molar-refractivity contribution in [2.24, 2.45) is 16.6 Å². The number of nitrogens with zero attached hydrogens (tertiary/aromatic N) is 5. The fraction of sp³-hybridized carbons (Fsp3) is 0.714. The van der Waals surface area contributed by atoms with Gasteiger partial charge in [0.05, 0.1) is 83.5 Å². The largest absolute Gasteiger partial charge is 0.382 e. The number of imidazole rings is 1. The van der Waals surface area contributed by atoms with Gasteiger partial charge >= 0.3 is 0 Å². The van der Waals surface area contributed by atoms with Gasteiger partial charge in [0, 0.05) is 82.3 Å². The first-order valence-electron chi connectivity index (χ1n) is 20.7. The van der Waals surface area contributed by atoms with Crippen LogP contribution >= 0.6 is 0 Å². The molecule has 1 fully saturated rings. The molecule has 0 aliphatic carbocycles. The highest BCUT2D eigenvalue weighted by molar-refractivity contribution is 6.07. The summed E-state index contributed by atoms with van der Waals surface area (Å²) in [5, 5.41) is 1.04. The summed E-state index contributed by atoms with van der Waals surface area (Å²) < 4.78 is 28.4. The molecule has 2 aromatic heterocycles. The van der Waals surface area contributed by atoms with Crippen molar-refractivity contribution >= 4 is 45.1 Å². The van der Waals surface area contributed by atoms with Gasteiger partial charge < -0.3 is 49.9 Å². The van der Waals surface area contributed by atoms with Gasteiger partial charge in [-0.3, -0.25) is 14.5 Å². The standard InChI is InChI=1S/C42H70N8O7/c1-7-8-9-36-46-38-34-26-32(10-11-35(34)45-40(44)39(38)47-36)49-15-13-48(14-16-49)17-20-55-21-18-50(37(52)12-19-54-24-25-56-23-22-53-6)29-42(4,5)31-57-30-41(2,3)27-33(51)28-43/h10-11,26H,7-9,12-25,27-31,43H2,1-6H3,(H2,44,45)(H,46,47). The summed E-state index contributed by atoms with van der Waals surface area (Å²) in [4.78, 5) is 45.0. The van der Waals surface area contributed by atoms with E-state index in [1.165, 1.54) is 5.69 Å². The number of unbranched alkanes of at least 4 members (excludes halogenated alkanes) is 1. The van der Waals surface area contributed by atoms with Crippen molar-refractivity contribution in [1.29, 1.82) is 0 Å². The van der Waals surface area contributed by atoms with Crippen LogP contribution in [0.3, 0.4) is 0 Å². The zero-order valence-corrected chi connectivity index (χ0v) is 35.5. The number of rotatable bonds is 28. The average molecular weight is 799 g/mol. The highest BCUT2D eigenvalue weighted by Gasteiger charge is 2.28. The van der Waals surface area contributed by atoms with Crippen molar-refractivity contribution < 1.29 is 33.3 Å². The molecule has 0 spiro atoms. The van der Waals surface area contributed by atoms with Crippen LogP contribution in [0.2, 0.25) is 0 Å². The molecule has 15 nitrogen and oxygen atoms in total. The highest BCUT2D eigenvalue weighted by atomic mass is 16.5. The van der Waals surface area contributed by atoms with Gasteiger partial charge in [0.15, 0.2) is 5.82 Å². The van der Waals surface area contributed by atoms with Crippen LogP contribution < -0.4 is 16.4 Å². The summed E-state index contributed by atoms with van der Waals surface area (Å²) in [5.41, 5.74) is 14.9. The van der Waals surface area contributed by atoms with E-state index in [1.54, 1.807) is 7.11 Å². The molecule has 4 rings (SSSR count). The summed E-state index contributed by atoms with van der Waals surface area (Å²) in [6.07, 6.45) is 3.71. The van der Waals surface area contributed by atoms with E-state index in [0.29, 0.717) is 84.8 Å². The maximum absolute atomic E-state index is 13.5. The SMILES string of the molecule is CCCCc1nc2c(N)nc3ccc(N4CCN(CCOCCN(CC(C)(C)COCC(C)(C)CC(=O)CN)C(=O)CCOCCOCCOC)CC4)cc3c2[nH]1. The van der Waals surface area contributed by atoms with Crippen LogP contribution in [0, 0.1) is 10.8 Å². The van der Waals surface area contributed by atoms with E-state index in [9.17, 15) is 9.59 Å². The van der Waals surface area contributed by atoms with Gasteiger partial charge in [0.25, 0.3) is 0 Å². The van der Waals surface area contributed by atoms with Crippen molar-refractivity contribution in [2.45, 2.75) is 66.7 Å². The molecule has 15 heteroatoms. The molecular weight excluding hydrogens is 729 g/mol. The van der Waals surface area contributed by atoms with E-state index < -0.39 is 0 Å². The number of hydrogen-bond donors (Lipinski definition) is 3. The quantitative estimate of drug-likeness (QED) is 0.0896. The minimum Gasteiger partial charge on any atom is -0.382 e. The van der Waals surface area contributed by atoms with Crippen molar-refractivity contribution in [1.82, 2.24) is 24.8 Å². The molecule has 3 aromatic rings. The number of piperazine rings is 1. The number of benzene rings is 1. The van der Waals surface area contributed by atoms with E-state index in [2.05, 4.69) is 58.7 Å². The lowest BCUT2D eigenvalue weighted by molar-refractivity contribution is -0.135. The topological polar surface area (TPSA) is 184 Å². The number of anilines is 2. The maximum atomic E-state index is 13.5. The Morgan fingerprint density at radius 3 is 2.32 bits per heavy atom. The minimum absolute atomic E-state index is 0.00936. The number of aryl methyl sites for hydroxylation is 1. The number of H-pyrrole nitrogens is 1. The molecule has 1 saturated heterocycles. The first-order chi connectivity index (χ1) is 27.3. The third-order valence-corrected chi connectivity index (χ3v) is 10.2. The van der Waals surface area contributed by atoms with E-state index in [1.807, 2.05) is 18.7 Å². The Labute approximate surface area is 339 Å². The first-order valence-corrected chi connectivity index (χ1v) is 20.7. The van der Waals surface area contributed by atoms with Crippen LogP contribution in [0.4, 0.5) is 11.5 Å². The zero-order valence-electron chi connectivity index (χ0n) is 35.5. The fourth-order valence-electron chi connectivity index (χ4n) is 7.06. The average Bonchev–Trinajstić information content (AvgIpc) is 3.62. The van der Waals surface area contributed by atoms with Gasteiger partial charge in [-0.05, 0) is 30.0 Å². The monoisotopic (exact) mass is 799 g/mol. The number of nitrogen functional groups attached to an aromatic ring is 1. The number of nitrogens with one attached hydrogen (secondary N) is 1. The number of carbonyl (C=O) groups is 2. The fourth-order valence-corrected chi connectivity index (χ4v) is 7.06. The molecule has 1 amide bonds. The lowest BCUT2D eigenvalue weighted by Crippen LogP contribution is -2.47. The van der Waals surface area contributed by atoms with Crippen LogP contribution in [0.15, 0.2) is 18.2 Å². The second-order valence-electron chi connectivity index (χ2n) is 16.7. The van der Waals surface area contributed by atoms with Gasteiger partial charge in [-0.25, -0.2) is 9.97 Å². The van der Waals surface area contributed by atoms with Gasteiger partial charge in [0.2, 0.25) is 5.91 Å². The molecule has 1 aromatic carbocycles. The smallest absolute Gasteiger partial charge is 0.224 e. The molecule has 0 unspecified atom stereocenters. The van der Waals surface area contributed by atoms with Crippen LogP contribution in [0.5, 0.6) is 0 Å². The number of ketones is 1. The Kier molecular flexibility index (Phi) is 18.8. The Morgan fingerprint density at radius 1 is 0.895 bits per heavy atom. The van der Waals surface area contributed by atoms with Crippen molar-refractivity contribution in [3.05, 3.63) is 24.0 Å². The number of hydrogen-bond acceptors (Lipinski definition) is 13. The molecule has 1 aliphatic rings. The summed E-state index contributed by atoms with van der Waals surface area (Å²) in [6.45, 7) is 20.0. The molecule has 57 heavy (non-hydrogen) atoms. The predicted octanol–water partition coefficient (Wildman–Crippen LogP) is 4.06. The molecule has 0 saturated carbocycles. The third-order valence-electron chi connectivity index (χ3n) is 10.2. The summed E-state index contributed by atoms with van der Waals surface area (Å²) in [7, 11) is 1.63. The lowest BCUT2D eigenvalue weighted by atomic mass is 9.88.